The molecule has 0 radical (unpaired) electrons. The van der Waals surface area contributed by atoms with Gasteiger partial charge in [0.05, 0.1) is 11.9 Å². The first kappa shape index (κ1) is 17.6. The Balaban J connectivity index is 1.58. The maximum Gasteiger partial charge on any atom is 0.256 e. The molecule has 0 saturated carbocycles. The van der Waals surface area contributed by atoms with E-state index in [2.05, 4.69) is 26.2 Å². The minimum Gasteiger partial charge on any atom is -0.431 e. The lowest BCUT2D eigenvalue weighted by molar-refractivity contribution is -0.113. The van der Waals surface area contributed by atoms with Gasteiger partial charge in [0.2, 0.25) is 5.91 Å². The highest BCUT2D eigenvalue weighted by Crippen LogP contribution is 2.27. The second-order valence-electron chi connectivity index (χ2n) is 4.97. The minimum absolute atomic E-state index is 0.0252. The molecule has 0 bridgehead atoms. The number of oxazole rings is 1. The molecule has 25 heavy (non-hydrogen) atoms. The number of hydrogen-bond acceptors (Lipinski definition) is 4. The summed E-state index contributed by atoms with van der Waals surface area (Å²) in [7, 11) is 0. The number of aromatic nitrogens is 1. The number of carbonyl (C=O) groups is 1. The lowest BCUT2D eigenvalue weighted by Crippen LogP contribution is -2.14. The van der Waals surface area contributed by atoms with Gasteiger partial charge in [0.25, 0.3) is 5.22 Å². The SMILES string of the molecule is O=C(CSc1ncc(-c2cccc(Br)c2)o1)Nc1ccc(F)c(F)c1. The molecule has 0 aliphatic heterocycles. The van der Waals surface area contributed by atoms with Crippen LogP contribution in [-0.2, 0) is 4.79 Å². The van der Waals surface area contributed by atoms with Gasteiger partial charge in [-0.15, -0.1) is 0 Å². The highest BCUT2D eigenvalue weighted by atomic mass is 79.9. The van der Waals surface area contributed by atoms with Gasteiger partial charge in [-0.05, 0) is 24.3 Å². The van der Waals surface area contributed by atoms with Gasteiger partial charge in [0, 0.05) is 21.8 Å². The van der Waals surface area contributed by atoms with Crippen molar-refractivity contribution >= 4 is 39.3 Å². The summed E-state index contributed by atoms with van der Waals surface area (Å²) < 4.78 is 32.5. The molecule has 1 amide bonds. The zero-order valence-corrected chi connectivity index (χ0v) is 15.0. The Morgan fingerprint density at radius 3 is 2.80 bits per heavy atom. The lowest BCUT2D eigenvalue weighted by Gasteiger charge is -2.04. The number of carbonyl (C=O) groups excluding carboxylic acids is 1. The van der Waals surface area contributed by atoms with E-state index in [1.807, 2.05) is 24.3 Å². The molecular weight excluding hydrogens is 414 g/mol. The summed E-state index contributed by atoms with van der Waals surface area (Å²) in [5.74, 6) is -1.75. The van der Waals surface area contributed by atoms with Crippen molar-refractivity contribution in [2.24, 2.45) is 0 Å². The molecule has 0 aliphatic carbocycles. The standard InChI is InChI=1S/C17H11BrF2N2O2S/c18-11-3-1-2-10(6-11)15-8-21-17(24-15)25-9-16(23)22-12-4-5-13(19)14(20)7-12/h1-8H,9H2,(H,22,23). The van der Waals surface area contributed by atoms with E-state index in [0.717, 1.165) is 33.9 Å². The highest BCUT2D eigenvalue weighted by molar-refractivity contribution is 9.10. The number of amides is 1. The maximum absolute atomic E-state index is 13.1. The molecule has 0 saturated heterocycles. The van der Waals surface area contributed by atoms with Gasteiger partial charge >= 0.3 is 0 Å². The third kappa shape index (κ3) is 4.67. The third-order valence-corrected chi connectivity index (χ3v) is 4.46. The lowest BCUT2D eigenvalue weighted by atomic mass is 10.2. The van der Waals surface area contributed by atoms with Crippen LogP contribution in [0.3, 0.4) is 0 Å². The molecule has 0 aliphatic rings. The molecule has 3 aromatic rings. The van der Waals surface area contributed by atoms with Crippen LogP contribution in [-0.4, -0.2) is 16.6 Å². The summed E-state index contributed by atoms with van der Waals surface area (Å²) in [6, 6.07) is 10.7. The van der Waals surface area contributed by atoms with Crippen LogP contribution in [0.25, 0.3) is 11.3 Å². The Bertz CT molecular complexity index is 917. The number of rotatable bonds is 5. The molecule has 0 spiro atoms. The van der Waals surface area contributed by atoms with Crippen LogP contribution in [0.4, 0.5) is 14.5 Å². The molecule has 1 heterocycles. The van der Waals surface area contributed by atoms with Gasteiger partial charge in [-0.2, -0.15) is 0 Å². The number of halogens is 3. The molecule has 0 fully saturated rings. The summed E-state index contributed by atoms with van der Waals surface area (Å²) >= 11 is 4.49. The van der Waals surface area contributed by atoms with E-state index >= 15 is 0 Å². The monoisotopic (exact) mass is 424 g/mol. The molecule has 2 aromatic carbocycles. The van der Waals surface area contributed by atoms with Gasteiger partial charge in [-0.1, -0.05) is 39.8 Å². The van der Waals surface area contributed by atoms with Crippen molar-refractivity contribution in [3.63, 3.8) is 0 Å². The number of nitrogens with zero attached hydrogens (tertiary/aromatic N) is 1. The van der Waals surface area contributed by atoms with Gasteiger partial charge in [-0.25, -0.2) is 13.8 Å². The number of anilines is 1. The quantitative estimate of drug-likeness (QED) is 0.577. The van der Waals surface area contributed by atoms with Gasteiger partial charge in [-0.3, -0.25) is 4.79 Å². The largest absolute Gasteiger partial charge is 0.431 e. The third-order valence-electron chi connectivity index (χ3n) is 3.12. The molecule has 4 nitrogen and oxygen atoms in total. The van der Waals surface area contributed by atoms with E-state index in [4.69, 9.17) is 4.42 Å². The van der Waals surface area contributed by atoms with Crippen LogP contribution < -0.4 is 5.32 Å². The van der Waals surface area contributed by atoms with Crippen LogP contribution in [0, 0.1) is 11.6 Å². The Hall–Kier alpha value is -2.19. The van der Waals surface area contributed by atoms with Crippen molar-refractivity contribution in [2.75, 3.05) is 11.1 Å². The van der Waals surface area contributed by atoms with Gasteiger partial charge in [0.15, 0.2) is 17.4 Å². The molecule has 1 N–H and O–H groups in total. The van der Waals surface area contributed by atoms with E-state index in [-0.39, 0.29) is 17.3 Å². The topological polar surface area (TPSA) is 55.1 Å². The highest BCUT2D eigenvalue weighted by Gasteiger charge is 2.11. The van der Waals surface area contributed by atoms with Crippen LogP contribution in [0.5, 0.6) is 0 Å². The zero-order valence-electron chi connectivity index (χ0n) is 12.6. The summed E-state index contributed by atoms with van der Waals surface area (Å²) in [4.78, 5) is 16.0. The predicted molar refractivity (Wildman–Crippen MR) is 95.4 cm³/mol. The Kier molecular flexibility index (Phi) is 5.50. The number of thioether (sulfide) groups is 1. The first-order chi connectivity index (χ1) is 12.0. The van der Waals surface area contributed by atoms with Crippen molar-refractivity contribution in [3.8, 4) is 11.3 Å². The Morgan fingerprint density at radius 1 is 1.20 bits per heavy atom. The molecule has 3 rings (SSSR count). The average molecular weight is 425 g/mol. The van der Waals surface area contributed by atoms with Crippen molar-refractivity contribution in [1.29, 1.82) is 0 Å². The van der Waals surface area contributed by atoms with Gasteiger partial charge in [0.1, 0.15) is 0 Å². The fourth-order valence-corrected chi connectivity index (χ4v) is 3.00. The first-order valence-electron chi connectivity index (χ1n) is 7.11. The van der Waals surface area contributed by atoms with E-state index in [0.29, 0.717) is 11.0 Å². The number of hydrogen-bond donors (Lipinski definition) is 1. The van der Waals surface area contributed by atoms with Crippen molar-refractivity contribution in [1.82, 2.24) is 4.98 Å². The smallest absolute Gasteiger partial charge is 0.256 e. The summed E-state index contributed by atoms with van der Waals surface area (Å²) in [5, 5.41) is 2.83. The van der Waals surface area contributed by atoms with E-state index in [9.17, 15) is 13.6 Å². The van der Waals surface area contributed by atoms with E-state index in [1.165, 1.54) is 6.07 Å². The second kappa shape index (κ2) is 7.79. The Morgan fingerprint density at radius 2 is 2.04 bits per heavy atom. The average Bonchev–Trinajstić information content (AvgIpc) is 3.05. The molecule has 8 heteroatoms. The molecular formula is C17H11BrF2N2O2S. The molecule has 0 unspecified atom stereocenters. The molecule has 0 atom stereocenters. The predicted octanol–water partition coefficient (Wildman–Crippen LogP) is 5.11. The van der Waals surface area contributed by atoms with E-state index in [1.54, 1.807) is 6.20 Å². The normalized spacial score (nSPS) is 10.7. The van der Waals surface area contributed by atoms with E-state index < -0.39 is 11.6 Å². The fraction of sp³-hybridized carbons (Fsp3) is 0.0588. The maximum atomic E-state index is 13.1. The summed E-state index contributed by atoms with van der Waals surface area (Å²) in [6.07, 6.45) is 1.58. The van der Waals surface area contributed by atoms with Crippen LogP contribution in [0.2, 0.25) is 0 Å². The van der Waals surface area contributed by atoms with Crippen LogP contribution in [0.1, 0.15) is 0 Å². The van der Waals surface area contributed by atoms with Crippen molar-refractivity contribution in [3.05, 3.63) is 64.8 Å². The van der Waals surface area contributed by atoms with Crippen LogP contribution >= 0.6 is 27.7 Å². The second-order valence-corrected chi connectivity index (χ2v) is 6.81. The number of benzene rings is 2. The minimum atomic E-state index is -1.02. The summed E-state index contributed by atoms with van der Waals surface area (Å²) in [5.41, 5.74) is 1.05. The van der Waals surface area contributed by atoms with Crippen molar-refractivity contribution < 1.29 is 18.0 Å². The first-order valence-corrected chi connectivity index (χ1v) is 8.88. The zero-order chi connectivity index (χ0) is 17.8. The Labute approximate surface area is 154 Å². The number of nitrogens with one attached hydrogen (secondary N) is 1. The molecule has 1 aromatic heterocycles. The van der Waals surface area contributed by atoms with Crippen molar-refractivity contribution in [2.45, 2.75) is 5.22 Å². The van der Waals surface area contributed by atoms with Crippen LogP contribution in [0.15, 0.2) is 62.8 Å². The molecule has 128 valence electrons. The van der Waals surface area contributed by atoms with Gasteiger partial charge < -0.3 is 9.73 Å². The summed E-state index contributed by atoms with van der Waals surface area (Å²) in [6.45, 7) is 0. The fourth-order valence-electron chi connectivity index (χ4n) is 2.00.